The SMILES string of the molecule is C/C=C\C(N)=N/C(O)NC. The number of aliphatic hydroxyl groups excluding tert-OH is 1. The molecule has 0 aliphatic rings. The van der Waals surface area contributed by atoms with E-state index in [0.29, 0.717) is 5.84 Å². The van der Waals surface area contributed by atoms with Gasteiger partial charge in [0.1, 0.15) is 5.84 Å². The number of nitrogens with two attached hydrogens (primary N) is 1. The maximum Gasteiger partial charge on any atom is 0.203 e. The molecule has 4 N–H and O–H groups in total. The van der Waals surface area contributed by atoms with Gasteiger partial charge >= 0.3 is 0 Å². The van der Waals surface area contributed by atoms with Gasteiger partial charge in [-0.15, -0.1) is 0 Å². The van der Waals surface area contributed by atoms with Crippen LogP contribution in [0.4, 0.5) is 0 Å². The average molecular weight is 143 g/mol. The van der Waals surface area contributed by atoms with Gasteiger partial charge in [0.25, 0.3) is 0 Å². The zero-order valence-corrected chi connectivity index (χ0v) is 6.20. The highest BCUT2D eigenvalue weighted by atomic mass is 16.3. The van der Waals surface area contributed by atoms with Gasteiger partial charge in [0, 0.05) is 0 Å². The monoisotopic (exact) mass is 143 g/mol. The Morgan fingerprint density at radius 1 is 1.80 bits per heavy atom. The van der Waals surface area contributed by atoms with E-state index in [4.69, 9.17) is 10.8 Å². The van der Waals surface area contributed by atoms with Crippen LogP contribution in [0.15, 0.2) is 17.1 Å². The molecule has 0 aromatic heterocycles. The lowest BCUT2D eigenvalue weighted by molar-refractivity contribution is 0.157. The van der Waals surface area contributed by atoms with E-state index in [-0.39, 0.29) is 0 Å². The predicted octanol–water partition coefficient (Wildman–Crippen LogP) is -0.585. The molecule has 0 aliphatic heterocycles. The summed E-state index contributed by atoms with van der Waals surface area (Å²) in [7, 11) is 1.59. The fraction of sp³-hybridized carbons (Fsp3) is 0.500. The van der Waals surface area contributed by atoms with Crippen molar-refractivity contribution in [1.29, 1.82) is 0 Å². The Hall–Kier alpha value is -0.870. The van der Waals surface area contributed by atoms with E-state index in [1.807, 2.05) is 6.92 Å². The summed E-state index contributed by atoms with van der Waals surface area (Å²) in [5.41, 5.74) is 5.32. The Bertz CT molecular complexity index is 142. The Morgan fingerprint density at radius 3 is 2.80 bits per heavy atom. The molecule has 0 aromatic rings. The molecule has 0 aromatic carbocycles. The molecule has 10 heavy (non-hydrogen) atoms. The van der Waals surface area contributed by atoms with Crippen molar-refractivity contribution in [3.63, 3.8) is 0 Å². The minimum absolute atomic E-state index is 0.310. The molecule has 0 bridgehead atoms. The van der Waals surface area contributed by atoms with Crippen molar-refractivity contribution in [1.82, 2.24) is 5.32 Å². The molecule has 0 amide bonds. The highest BCUT2D eigenvalue weighted by molar-refractivity contribution is 5.91. The van der Waals surface area contributed by atoms with Crippen molar-refractivity contribution in [2.24, 2.45) is 10.7 Å². The Morgan fingerprint density at radius 2 is 2.40 bits per heavy atom. The second-order valence-electron chi connectivity index (χ2n) is 1.72. The first-order chi connectivity index (χ1) is 4.70. The standard InChI is InChI=1S/C6H13N3O/c1-3-4-5(7)9-6(10)8-2/h3-4,6,8,10H,1-2H3,(H2,7,9)/b4-3-. The second kappa shape index (κ2) is 4.96. The minimum Gasteiger partial charge on any atom is -0.384 e. The predicted molar refractivity (Wildman–Crippen MR) is 41.5 cm³/mol. The van der Waals surface area contributed by atoms with Crippen LogP contribution in [0, 0.1) is 0 Å². The summed E-state index contributed by atoms with van der Waals surface area (Å²) in [6.07, 6.45) is 2.46. The molecule has 0 spiro atoms. The number of nitrogens with one attached hydrogen (secondary N) is 1. The third-order valence-electron chi connectivity index (χ3n) is 0.867. The number of hydrogen-bond acceptors (Lipinski definition) is 3. The summed E-state index contributed by atoms with van der Waals surface area (Å²) in [5.74, 6) is 0.310. The number of rotatable bonds is 3. The Labute approximate surface area is 60.5 Å². The van der Waals surface area contributed by atoms with Crippen LogP contribution in [0.2, 0.25) is 0 Å². The zero-order valence-electron chi connectivity index (χ0n) is 6.20. The van der Waals surface area contributed by atoms with Crippen molar-refractivity contribution in [2.45, 2.75) is 13.3 Å². The summed E-state index contributed by atoms with van der Waals surface area (Å²) >= 11 is 0. The summed E-state index contributed by atoms with van der Waals surface area (Å²) in [6, 6.07) is 0. The van der Waals surface area contributed by atoms with Crippen LogP contribution < -0.4 is 11.1 Å². The van der Waals surface area contributed by atoms with Gasteiger partial charge in [-0.25, -0.2) is 4.99 Å². The Balaban J connectivity index is 3.89. The van der Waals surface area contributed by atoms with Crippen molar-refractivity contribution in [3.05, 3.63) is 12.2 Å². The van der Waals surface area contributed by atoms with E-state index < -0.39 is 6.35 Å². The van der Waals surface area contributed by atoms with E-state index in [2.05, 4.69) is 10.3 Å². The van der Waals surface area contributed by atoms with E-state index in [0.717, 1.165) is 0 Å². The van der Waals surface area contributed by atoms with Crippen LogP contribution in [-0.4, -0.2) is 24.3 Å². The number of aliphatic hydroxyl groups is 1. The van der Waals surface area contributed by atoms with Crippen molar-refractivity contribution < 1.29 is 5.11 Å². The van der Waals surface area contributed by atoms with Crippen LogP contribution in [0.1, 0.15) is 6.92 Å². The molecule has 0 aliphatic carbocycles. The maximum atomic E-state index is 8.84. The van der Waals surface area contributed by atoms with Gasteiger partial charge in [0.15, 0.2) is 0 Å². The highest BCUT2D eigenvalue weighted by Gasteiger charge is 1.92. The lowest BCUT2D eigenvalue weighted by Crippen LogP contribution is -2.25. The molecule has 0 rings (SSSR count). The van der Waals surface area contributed by atoms with Gasteiger partial charge in [-0.05, 0) is 20.0 Å². The topological polar surface area (TPSA) is 70.6 Å². The molecule has 0 fully saturated rings. The summed E-state index contributed by atoms with van der Waals surface area (Å²) < 4.78 is 0. The third kappa shape index (κ3) is 4.05. The maximum absolute atomic E-state index is 8.84. The van der Waals surface area contributed by atoms with Gasteiger partial charge in [-0.3, -0.25) is 5.32 Å². The molecule has 0 saturated carbocycles. The molecular weight excluding hydrogens is 130 g/mol. The largest absolute Gasteiger partial charge is 0.384 e. The van der Waals surface area contributed by atoms with Gasteiger partial charge in [0.05, 0.1) is 0 Å². The van der Waals surface area contributed by atoms with Crippen LogP contribution >= 0.6 is 0 Å². The summed E-state index contributed by atoms with van der Waals surface area (Å²) in [5, 5.41) is 11.4. The van der Waals surface area contributed by atoms with E-state index >= 15 is 0 Å². The third-order valence-corrected chi connectivity index (χ3v) is 0.867. The van der Waals surface area contributed by atoms with Crippen molar-refractivity contribution >= 4 is 5.84 Å². The van der Waals surface area contributed by atoms with Crippen LogP contribution in [0.3, 0.4) is 0 Å². The van der Waals surface area contributed by atoms with Crippen LogP contribution in [0.25, 0.3) is 0 Å². The van der Waals surface area contributed by atoms with Gasteiger partial charge in [0.2, 0.25) is 6.35 Å². The first-order valence-corrected chi connectivity index (χ1v) is 3.02. The first kappa shape index (κ1) is 9.13. The Kier molecular flexibility index (Phi) is 4.53. The fourth-order valence-corrected chi connectivity index (χ4v) is 0.420. The number of amidine groups is 1. The van der Waals surface area contributed by atoms with E-state index in [9.17, 15) is 0 Å². The lowest BCUT2D eigenvalue weighted by atomic mass is 10.5. The molecule has 0 radical (unpaired) electrons. The first-order valence-electron chi connectivity index (χ1n) is 3.02. The molecule has 0 saturated heterocycles. The lowest BCUT2D eigenvalue weighted by Gasteiger charge is -2.01. The molecule has 1 atom stereocenters. The molecule has 0 heterocycles. The summed E-state index contributed by atoms with van der Waals surface area (Å²) in [6.45, 7) is 1.83. The zero-order chi connectivity index (χ0) is 7.98. The van der Waals surface area contributed by atoms with Gasteiger partial charge < -0.3 is 10.8 Å². The van der Waals surface area contributed by atoms with Crippen molar-refractivity contribution in [3.8, 4) is 0 Å². The summed E-state index contributed by atoms with van der Waals surface area (Å²) in [4.78, 5) is 3.64. The van der Waals surface area contributed by atoms with Gasteiger partial charge in [-0.2, -0.15) is 0 Å². The molecular formula is C6H13N3O. The number of allylic oxidation sites excluding steroid dienone is 1. The molecule has 4 nitrogen and oxygen atoms in total. The number of nitrogens with zero attached hydrogens (tertiary/aromatic N) is 1. The van der Waals surface area contributed by atoms with E-state index in [1.54, 1.807) is 19.2 Å². The number of hydrogen-bond donors (Lipinski definition) is 3. The molecule has 4 heteroatoms. The second-order valence-corrected chi connectivity index (χ2v) is 1.72. The quantitative estimate of drug-likeness (QED) is 0.281. The fourth-order valence-electron chi connectivity index (χ4n) is 0.420. The molecule has 1 unspecified atom stereocenters. The van der Waals surface area contributed by atoms with Crippen molar-refractivity contribution in [2.75, 3.05) is 7.05 Å². The minimum atomic E-state index is -0.906. The van der Waals surface area contributed by atoms with Gasteiger partial charge in [-0.1, -0.05) is 6.08 Å². The smallest absolute Gasteiger partial charge is 0.203 e. The average Bonchev–Trinajstić information content (AvgIpc) is 1.88. The normalized spacial score (nSPS) is 16.1. The van der Waals surface area contributed by atoms with Crippen LogP contribution in [0.5, 0.6) is 0 Å². The van der Waals surface area contributed by atoms with Crippen LogP contribution in [-0.2, 0) is 0 Å². The van der Waals surface area contributed by atoms with E-state index in [1.165, 1.54) is 0 Å². The molecule has 58 valence electrons. The highest BCUT2D eigenvalue weighted by Crippen LogP contribution is 1.79. The number of aliphatic imine (C=N–C) groups is 1.